The number of anilines is 1. The van der Waals surface area contributed by atoms with Crippen LogP contribution in [0.5, 0.6) is 11.5 Å². The smallest absolute Gasteiger partial charge is 0.264 e. The van der Waals surface area contributed by atoms with E-state index in [9.17, 15) is 8.42 Å². The van der Waals surface area contributed by atoms with Crippen LogP contribution < -0.4 is 13.8 Å². The van der Waals surface area contributed by atoms with E-state index in [1.54, 1.807) is 48.5 Å². The van der Waals surface area contributed by atoms with E-state index in [1.807, 2.05) is 60.7 Å². The summed E-state index contributed by atoms with van der Waals surface area (Å²) in [4.78, 5) is 0.202. The normalized spacial score (nSPS) is 14.7. The number of sulfonamides is 1. The van der Waals surface area contributed by atoms with E-state index < -0.39 is 10.0 Å². The molecule has 0 amide bonds. The Bertz CT molecular complexity index is 1380. The predicted octanol–water partition coefficient (Wildman–Crippen LogP) is 5.44. The molecule has 4 aromatic carbocycles. The molecule has 0 spiro atoms. The predicted molar refractivity (Wildman–Crippen MR) is 139 cm³/mol. The van der Waals surface area contributed by atoms with E-state index in [4.69, 9.17) is 14.2 Å². The van der Waals surface area contributed by atoms with E-state index in [1.165, 1.54) is 4.31 Å². The molecule has 0 saturated carbocycles. The van der Waals surface area contributed by atoms with Crippen LogP contribution in [0.1, 0.15) is 11.1 Å². The van der Waals surface area contributed by atoms with Crippen molar-refractivity contribution in [2.75, 3.05) is 17.5 Å². The number of hydrogen-bond donors (Lipinski definition) is 0. The SMILES string of the molecule is O=S(=O)(c1ccccc1)N(Cc1ccccc1)c1cc(OC[C@@H]2CO2)ccc1OCc1ccccc1. The monoisotopic (exact) mass is 501 g/mol. The molecule has 1 atom stereocenters. The molecule has 184 valence electrons. The Morgan fingerprint density at radius 2 is 1.39 bits per heavy atom. The van der Waals surface area contributed by atoms with Crippen molar-refractivity contribution in [3.05, 3.63) is 120 Å². The van der Waals surface area contributed by atoms with Gasteiger partial charge in [-0.1, -0.05) is 78.9 Å². The van der Waals surface area contributed by atoms with Gasteiger partial charge in [-0.05, 0) is 35.4 Å². The van der Waals surface area contributed by atoms with Gasteiger partial charge in [0.2, 0.25) is 0 Å². The van der Waals surface area contributed by atoms with Crippen LogP contribution in [-0.4, -0.2) is 27.7 Å². The maximum absolute atomic E-state index is 14.0. The molecule has 1 saturated heterocycles. The Morgan fingerprint density at radius 1 is 0.778 bits per heavy atom. The summed E-state index contributed by atoms with van der Waals surface area (Å²) < 4.78 is 46.6. The highest BCUT2D eigenvalue weighted by atomic mass is 32.2. The fraction of sp³-hybridized carbons (Fsp3) is 0.172. The first-order valence-electron chi connectivity index (χ1n) is 11.8. The summed E-state index contributed by atoms with van der Waals surface area (Å²) in [5, 5.41) is 0. The first kappa shape index (κ1) is 23.9. The lowest BCUT2D eigenvalue weighted by molar-refractivity contribution is 0.262. The number of nitrogens with zero attached hydrogens (tertiary/aromatic N) is 1. The molecule has 6 nitrogen and oxygen atoms in total. The molecule has 5 rings (SSSR count). The van der Waals surface area contributed by atoms with Crippen molar-refractivity contribution in [2.45, 2.75) is 24.2 Å². The van der Waals surface area contributed by atoms with Crippen LogP contribution in [0.2, 0.25) is 0 Å². The van der Waals surface area contributed by atoms with Gasteiger partial charge < -0.3 is 14.2 Å². The third-order valence-corrected chi connectivity index (χ3v) is 7.55. The summed E-state index contributed by atoms with van der Waals surface area (Å²) in [6, 6.07) is 33.0. The lowest BCUT2D eigenvalue weighted by atomic mass is 10.2. The van der Waals surface area contributed by atoms with E-state index in [0.29, 0.717) is 37.0 Å². The minimum absolute atomic E-state index is 0.0796. The molecule has 0 bridgehead atoms. The molecule has 0 aliphatic carbocycles. The first-order valence-corrected chi connectivity index (χ1v) is 13.2. The average molecular weight is 502 g/mol. The summed E-state index contributed by atoms with van der Waals surface area (Å²) in [6.45, 7) is 1.52. The zero-order valence-corrected chi connectivity index (χ0v) is 20.5. The van der Waals surface area contributed by atoms with Crippen molar-refractivity contribution < 1.29 is 22.6 Å². The molecule has 1 aliphatic heterocycles. The van der Waals surface area contributed by atoms with E-state index in [2.05, 4.69) is 0 Å². The standard InChI is InChI=1S/C29H27NO5S/c31-36(32,27-14-8-3-9-15-27)30(19-23-10-4-1-5-11-23)28-18-25(33-21-26-22-34-26)16-17-29(28)35-20-24-12-6-2-7-13-24/h1-18,26H,19-22H2/t26-/m1/s1. The third-order valence-electron chi connectivity index (χ3n) is 5.77. The molecule has 0 unspecified atom stereocenters. The highest BCUT2D eigenvalue weighted by Gasteiger charge is 2.29. The number of ether oxygens (including phenoxy) is 3. The zero-order valence-electron chi connectivity index (χ0n) is 19.7. The van der Waals surface area contributed by atoms with E-state index in [0.717, 1.165) is 11.1 Å². The first-order chi connectivity index (χ1) is 17.6. The molecule has 0 N–H and O–H groups in total. The molecule has 1 fully saturated rings. The molecule has 1 aliphatic rings. The van der Waals surface area contributed by atoms with Gasteiger partial charge in [-0.25, -0.2) is 8.42 Å². The molecule has 4 aromatic rings. The summed E-state index contributed by atoms with van der Waals surface area (Å²) in [7, 11) is -3.92. The largest absolute Gasteiger partial charge is 0.491 e. The number of benzene rings is 4. The lowest BCUT2D eigenvalue weighted by Crippen LogP contribution is -2.31. The van der Waals surface area contributed by atoms with Gasteiger partial charge in [0.05, 0.1) is 23.7 Å². The Labute approximate surface area is 211 Å². The van der Waals surface area contributed by atoms with Crippen LogP contribution in [0.15, 0.2) is 114 Å². The van der Waals surface area contributed by atoms with Gasteiger partial charge in [-0.15, -0.1) is 0 Å². The van der Waals surface area contributed by atoms with Crippen molar-refractivity contribution in [3.63, 3.8) is 0 Å². The lowest BCUT2D eigenvalue weighted by Gasteiger charge is -2.27. The Hall–Kier alpha value is -3.81. The third kappa shape index (κ3) is 5.87. The fourth-order valence-electron chi connectivity index (χ4n) is 3.76. The van der Waals surface area contributed by atoms with Crippen molar-refractivity contribution in [1.29, 1.82) is 0 Å². The van der Waals surface area contributed by atoms with Crippen molar-refractivity contribution in [3.8, 4) is 11.5 Å². The van der Waals surface area contributed by atoms with Gasteiger partial charge in [0.15, 0.2) is 0 Å². The number of rotatable bonds is 11. The van der Waals surface area contributed by atoms with Crippen molar-refractivity contribution in [1.82, 2.24) is 0 Å². The van der Waals surface area contributed by atoms with Gasteiger partial charge >= 0.3 is 0 Å². The molecule has 0 aromatic heterocycles. The van der Waals surface area contributed by atoms with Crippen LogP contribution in [0, 0.1) is 0 Å². The van der Waals surface area contributed by atoms with Crippen molar-refractivity contribution in [2.24, 2.45) is 0 Å². The Morgan fingerprint density at radius 3 is 2.03 bits per heavy atom. The van der Waals surface area contributed by atoms with Crippen LogP contribution in [0.4, 0.5) is 5.69 Å². The highest BCUT2D eigenvalue weighted by molar-refractivity contribution is 7.92. The number of hydrogen-bond acceptors (Lipinski definition) is 5. The summed E-state index contributed by atoms with van der Waals surface area (Å²) in [5.74, 6) is 0.998. The second kappa shape index (κ2) is 10.8. The second-order valence-corrected chi connectivity index (χ2v) is 10.3. The Kier molecular flexibility index (Phi) is 7.21. The minimum atomic E-state index is -3.92. The van der Waals surface area contributed by atoms with Crippen LogP contribution in [0.25, 0.3) is 0 Å². The zero-order chi connectivity index (χ0) is 24.8. The topological polar surface area (TPSA) is 68.4 Å². The summed E-state index contributed by atoms with van der Waals surface area (Å²) in [6.07, 6.45) is 0.0796. The number of epoxide rings is 1. The maximum Gasteiger partial charge on any atom is 0.264 e. The molecule has 0 radical (unpaired) electrons. The maximum atomic E-state index is 14.0. The molecule has 7 heteroatoms. The van der Waals surface area contributed by atoms with E-state index in [-0.39, 0.29) is 17.5 Å². The van der Waals surface area contributed by atoms with Gasteiger partial charge in [0.1, 0.15) is 30.8 Å². The van der Waals surface area contributed by atoms with Gasteiger partial charge in [0.25, 0.3) is 10.0 Å². The highest BCUT2D eigenvalue weighted by Crippen LogP contribution is 2.37. The quantitative estimate of drug-likeness (QED) is 0.256. The van der Waals surface area contributed by atoms with Gasteiger partial charge in [-0.2, -0.15) is 0 Å². The van der Waals surface area contributed by atoms with Gasteiger partial charge in [0, 0.05) is 6.07 Å². The molecular weight excluding hydrogens is 474 g/mol. The molecule has 36 heavy (non-hydrogen) atoms. The minimum Gasteiger partial charge on any atom is -0.491 e. The van der Waals surface area contributed by atoms with Crippen molar-refractivity contribution >= 4 is 15.7 Å². The van der Waals surface area contributed by atoms with Gasteiger partial charge in [-0.3, -0.25) is 4.31 Å². The second-order valence-electron chi connectivity index (χ2n) is 8.48. The van der Waals surface area contributed by atoms with Crippen LogP contribution >= 0.6 is 0 Å². The van der Waals surface area contributed by atoms with Crippen LogP contribution in [0.3, 0.4) is 0 Å². The van der Waals surface area contributed by atoms with Crippen LogP contribution in [-0.2, 0) is 27.9 Å². The summed E-state index contributed by atoms with van der Waals surface area (Å²) >= 11 is 0. The Balaban J connectivity index is 1.56. The van der Waals surface area contributed by atoms with E-state index >= 15 is 0 Å². The average Bonchev–Trinajstić information content (AvgIpc) is 3.76. The fourth-order valence-corrected chi connectivity index (χ4v) is 5.24. The molecular formula is C29H27NO5S. The molecule has 1 heterocycles. The summed E-state index contributed by atoms with van der Waals surface area (Å²) in [5.41, 5.74) is 2.24.